The van der Waals surface area contributed by atoms with Gasteiger partial charge in [0.25, 0.3) is 0 Å². The fraction of sp³-hybridized carbons (Fsp3) is 0.474. The van der Waals surface area contributed by atoms with E-state index in [0.29, 0.717) is 21.9 Å². The molecule has 152 valence electrons. The third-order valence-corrected chi connectivity index (χ3v) is 4.94. The normalized spacial score (nSPS) is 19.7. The van der Waals surface area contributed by atoms with Crippen LogP contribution in [-0.4, -0.2) is 49.0 Å². The van der Waals surface area contributed by atoms with Crippen LogP contribution < -0.4 is 10.1 Å². The van der Waals surface area contributed by atoms with E-state index >= 15 is 0 Å². The highest BCUT2D eigenvalue weighted by atomic mass is 32.1. The summed E-state index contributed by atoms with van der Waals surface area (Å²) in [4.78, 5) is 14.8. The van der Waals surface area contributed by atoms with Gasteiger partial charge in [0.2, 0.25) is 0 Å². The lowest BCUT2D eigenvalue weighted by molar-refractivity contribution is -0.140. The van der Waals surface area contributed by atoms with Gasteiger partial charge in [0, 0.05) is 24.4 Å². The van der Waals surface area contributed by atoms with Crippen LogP contribution in [0.25, 0.3) is 0 Å². The summed E-state index contributed by atoms with van der Waals surface area (Å²) in [7, 11) is 1.51. The number of para-hydroxylation sites is 1. The molecule has 1 fully saturated rings. The van der Waals surface area contributed by atoms with Gasteiger partial charge in [-0.1, -0.05) is 18.2 Å². The zero-order chi connectivity index (χ0) is 20.3. The summed E-state index contributed by atoms with van der Waals surface area (Å²) in [6, 6.07) is 5.81. The van der Waals surface area contributed by atoms with Crippen molar-refractivity contribution < 1.29 is 27.8 Å². The van der Waals surface area contributed by atoms with Crippen molar-refractivity contribution in [3.05, 3.63) is 41.1 Å². The van der Waals surface area contributed by atoms with Gasteiger partial charge in [-0.15, -0.1) is 0 Å². The van der Waals surface area contributed by atoms with Crippen molar-refractivity contribution >= 4 is 23.3 Å². The Bertz CT molecular complexity index is 783. The van der Waals surface area contributed by atoms with Gasteiger partial charge in [0.15, 0.2) is 5.11 Å². The molecule has 1 aromatic rings. The minimum absolute atomic E-state index is 0.0207. The van der Waals surface area contributed by atoms with Crippen LogP contribution in [0.4, 0.5) is 8.78 Å². The summed E-state index contributed by atoms with van der Waals surface area (Å²) in [5, 5.41) is 3.56. The maximum absolute atomic E-state index is 12.9. The van der Waals surface area contributed by atoms with Gasteiger partial charge in [0.05, 0.1) is 18.2 Å². The van der Waals surface area contributed by atoms with Crippen LogP contribution in [0.15, 0.2) is 35.5 Å². The first kappa shape index (κ1) is 20.5. The molecule has 9 heteroatoms. The molecule has 0 unspecified atom stereocenters. The first-order valence-corrected chi connectivity index (χ1v) is 9.35. The topological polar surface area (TPSA) is 60.0 Å². The lowest BCUT2D eigenvalue weighted by Gasteiger charge is -2.38. The number of allylic oxidation sites excluding steroid dienone is 1. The van der Waals surface area contributed by atoms with Gasteiger partial charge in [-0.2, -0.15) is 8.78 Å². The van der Waals surface area contributed by atoms with Gasteiger partial charge in [0.1, 0.15) is 12.4 Å². The molecule has 6 nitrogen and oxygen atoms in total. The van der Waals surface area contributed by atoms with Gasteiger partial charge < -0.3 is 24.4 Å². The van der Waals surface area contributed by atoms with Crippen LogP contribution in [-0.2, 0) is 14.3 Å². The summed E-state index contributed by atoms with van der Waals surface area (Å²) >= 11 is 5.49. The molecule has 1 aromatic carbocycles. The van der Waals surface area contributed by atoms with Crippen molar-refractivity contribution in [1.29, 1.82) is 0 Å². The molecule has 0 amide bonds. The number of hydrogen-bond acceptors (Lipinski definition) is 5. The fourth-order valence-corrected chi connectivity index (χ4v) is 3.65. The van der Waals surface area contributed by atoms with Gasteiger partial charge in [-0.05, 0) is 38.0 Å². The summed E-state index contributed by atoms with van der Waals surface area (Å²) in [5.74, 6) is -0.570. The smallest absolute Gasteiger partial charge is 0.387 e. The molecule has 0 spiro atoms. The summed E-state index contributed by atoms with van der Waals surface area (Å²) < 4.78 is 40.6. The number of esters is 1. The molecular formula is C19H22F2N2O4S. The summed E-state index contributed by atoms with van der Waals surface area (Å²) in [5.41, 5.74) is 1.37. The number of methoxy groups -OCH3 is 1. The molecule has 0 radical (unpaired) electrons. The van der Waals surface area contributed by atoms with Crippen molar-refractivity contribution in [3.8, 4) is 5.75 Å². The van der Waals surface area contributed by atoms with Crippen molar-refractivity contribution in [2.24, 2.45) is 0 Å². The first-order chi connectivity index (χ1) is 13.4. The molecule has 1 aliphatic heterocycles. The molecule has 1 N–H and O–H groups in total. The molecule has 2 aliphatic rings. The SMILES string of the molecule is COCCOC(=O)C1=C(C)N(C2CC2)C(=S)N[C@@H]1c1ccccc1OC(F)F. The van der Waals surface area contributed by atoms with Gasteiger partial charge >= 0.3 is 12.6 Å². The Balaban J connectivity index is 2.01. The Morgan fingerprint density at radius 3 is 2.68 bits per heavy atom. The monoisotopic (exact) mass is 412 g/mol. The van der Waals surface area contributed by atoms with Crippen LogP contribution in [0.1, 0.15) is 31.4 Å². The average molecular weight is 412 g/mol. The Morgan fingerprint density at radius 1 is 1.32 bits per heavy atom. The Hall–Kier alpha value is -2.26. The number of thiocarbonyl (C=S) groups is 1. The van der Waals surface area contributed by atoms with E-state index in [1.54, 1.807) is 25.1 Å². The van der Waals surface area contributed by atoms with Crippen LogP contribution in [0.2, 0.25) is 0 Å². The van der Waals surface area contributed by atoms with Crippen molar-refractivity contribution in [2.45, 2.75) is 38.5 Å². The van der Waals surface area contributed by atoms with E-state index in [0.717, 1.165) is 12.8 Å². The minimum Gasteiger partial charge on any atom is -0.460 e. The average Bonchev–Trinajstić information content (AvgIpc) is 3.46. The van der Waals surface area contributed by atoms with Crippen LogP contribution >= 0.6 is 12.2 Å². The molecule has 3 rings (SSSR count). The molecule has 1 aliphatic carbocycles. The van der Waals surface area contributed by atoms with E-state index in [2.05, 4.69) is 10.1 Å². The minimum atomic E-state index is -2.98. The molecule has 0 saturated heterocycles. The number of alkyl halides is 2. The van der Waals surface area contributed by atoms with E-state index in [4.69, 9.17) is 21.7 Å². The molecule has 0 aromatic heterocycles. The maximum atomic E-state index is 12.9. The van der Waals surface area contributed by atoms with E-state index < -0.39 is 18.6 Å². The second kappa shape index (κ2) is 8.83. The number of hydrogen-bond donors (Lipinski definition) is 1. The number of ether oxygens (including phenoxy) is 3. The van der Waals surface area contributed by atoms with Crippen LogP contribution in [0, 0.1) is 0 Å². The van der Waals surface area contributed by atoms with E-state index in [9.17, 15) is 13.6 Å². The molecule has 1 atom stereocenters. The Kier molecular flexibility index (Phi) is 6.46. The predicted molar refractivity (Wildman–Crippen MR) is 102 cm³/mol. The maximum Gasteiger partial charge on any atom is 0.387 e. The number of rotatable bonds is 8. The molecule has 1 heterocycles. The highest BCUT2D eigenvalue weighted by Gasteiger charge is 2.41. The summed E-state index contributed by atoms with van der Waals surface area (Å²) in [6.07, 6.45) is 1.95. The molecule has 0 bridgehead atoms. The second-order valence-electron chi connectivity index (χ2n) is 6.53. The van der Waals surface area contributed by atoms with Crippen LogP contribution in [0.3, 0.4) is 0 Å². The van der Waals surface area contributed by atoms with Crippen LogP contribution in [0.5, 0.6) is 5.75 Å². The fourth-order valence-electron chi connectivity index (χ4n) is 3.25. The third-order valence-electron chi connectivity index (χ3n) is 4.63. The number of carbonyl (C=O) groups excluding carboxylic acids is 1. The molecule has 1 saturated carbocycles. The zero-order valence-corrected chi connectivity index (χ0v) is 16.4. The molecular weight excluding hydrogens is 390 g/mol. The second-order valence-corrected chi connectivity index (χ2v) is 6.91. The van der Waals surface area contributed by atoms with Gasteiger partial charge in [-0.3, -0.25) is 0 Å². The quantitative estimate of drug-likeness (QED) is 0.400. The standard InChI is InChI=1S/C19H22F2N2O4S/c1-11-15(17(24)26-10-9-25-2)16(22-19(28)23(11)12-7-8-12)13-5-3-4-6-14(13)27-18(20)21/h3-6,12,16,18H,7-10H2,1-2H3,(H,22,28)/t16-/m1/s1. The number of benzene rings is 1. The van der Waals surface area contributed by atoms with E-state index in [-0.39, 0.29) is 25.0 Å². The van der Waals surface area contributed by atoms with E-state index in [1.165, 1.54) is 13.2 Å². The first-order valence-electron chi connectivity index (χ1n) is 8.94. The number of nitrogens with one attached hydrogen (secondary N) is 1. The summed E-state index contributed by atoms with van der Waals surface area (Å²) in [6.45, 7) is -0.850. The zero-order valence-electron chi connectivity index (χ0n) is 15.6. The van der Waals surface area contributed by atoms with E-state index in [1.807, 2.05) is 4.90 Å². The molecule has 28 heavy (non-hydrogen) atoms. The number of carbonyl (C=O) groups is 1. The predicted octanol–water partition coefficient (Wildman–Crippen LogP) is 3.15. The van der Waals surface area contributed by atoms with Gasteiger partial charge in [-0.25, -0.2) is 4.79 Å². The number of halogens is 2. The highest BCUT2D eigenvalue weighted by molar-refractivity contribution is 7.80. The van der Waals surface area contributed by atoms with Crippen molar-refractivity contribution in [2.75, 3.05) is 20.3 Å². The largest absolute Gasteiger partial charge is 0.460 e. The third kappa shape index (κ3) is 4.41. The highest BCUT2D eigenvalue weighted by Crippen LogP contribution is 2.40. The Morgan fingerprint density at radius 2 is 2.04 bits per heavy atom. The van der Waals surface area contributed by atoms with Crippen molar-refractivity contribution in [3.63, 3.8) is 0 Å². The number of nitrogens with zero attached hydrogens (tertiary/aromatic N) is 1. The van der Waals surface area contributed by atoms with Crippen molar-refractivity contribution in [1.82, 2.24) is 10.2 Å². The lowest BCUT2D eigenvalue weighted by atomic mass is 9.94. The lowest BCUT2D eigenvalue weighted by Crippen LogP contribution is -2.48. The Labute approximate surface area is 167 Å².